The lowest BCUT2D eigenvalue weighted by Gasteiger charge is -2.49. The summed E-state index contributed by atoms with van der Waals surface area (Å²) in [6, 6.07) is 14.6. The van der Waals surface area contributed by atoms with Gasteiger partial charge in [0, 0.05) is 5.41 Å². The number of Topliss-reactive ketones (excluding diaryl/α,β-unsaturated/α-hetero) is 1. The van der Waals surface area contributed by atoms with Crippen molar-refractivity contribution in [2.75, 3.05) is 0 Å². The quantitative estimate of drug-likeness (QED) is 0.682. The number of hydrogen-bond acceptors (Lipinski definition) is 2. The molecular formula is C27H31FO2. The van der Waals surface area contributed by atoms with Crippen LogP contribution in [-0.2, 0) is 24.1 Å². The predicted octanol–water partition coefficient (Wildman–Crippen LogP) is 5.94. The van der Waals surface area contributed by atoms with Crippen molar-refractivity contribution in [1.82, 2.24) is 0 Å². The molecule has 5 atom stereocenters. The maximum absolute atomic E-state index is 14.5. The highest BCUT2D eigenvalue weighted by Gasteiger charge is 2.60. The molecule has 2 saturated carbocycles. The van der Waals surface area contributed by atoms with Gasteiger partial charge in [-0.05, 0) is 97.4 Å². The van der Waals surface area contributed by atoms with E-state index < -0.39 is 11.6 Å². The zero-order valence-electron chi connectivity index (χ0n) is 17.7. The van der Waals surface area contributed by atoms with E-state index in [0.29, 0.717) is 24.0 Å². The number of ketones is 1. The van der Waals surface area contributed by atoms with Gasteiger partial charge in [0.2, 0.25) is 0 Å². The van der Waals surface area contributed by atoms with E-state index in [1.54, 1.807) is 0 Å². The van der Waals surface area contributed by atoms with Crippen LogP contribution in [0.25, 0.3) is 0 Å². The summed E-state index contributed by atoms with van der Waals surface area (Å²) in [6.45, 7) is 2.07. The van der Waals surface area contributed by atoms with Gasteiger partial charge in [-0.3, -0.25) is 4.79 Å². The van der Waals surface area contributed by atoms with Crippen LogP contribution in [0.5, 0.6) is 5.75 Å². The third-order valence-electron chi connectivity index (χ3n) is 8.52. The molecule has 2 aromatic carbocycles. The second kappa shape index (κ2) is 7.51. The van der Waals surface area contributed by atoms with Crippen molar-refractivity contribution in [1.29, 1.82) is 0 Å². The Morgan fingerprint density at radius 2 is 1.93 bits per heavy atom. The van der Waals surface area contributed by atoms with Crippen LogP contribution in [0.15, 0.2) is 42.5 Å². The summed E-state index contributed by atoms with van der Waals surface area (Å²) in [6.07, 6.45) is 5.34. The Morgan fingerprint density at radius 3 is 2.70 bits per heavy atom. The first kappa shape index (κ1) is 19.8. The third kappa shape index (κ3) is 3.01. The Balaban J connectivity index is 1.44. The molecule has 0 spiro atoms. The van der Waals surface area contributed by atoms with Crippen LogP contribution in [0.1, 0.15) is 67.2 Å². The first-order valence-corrected chi connectivity index (χ1v) is 11.6. The fraction of sp³-hybridized carbons (Fsp3) is 0.519. The summed E-state index contributed by atoms with van der Waals surface area (Å²) in [5, 5.41) is 10.6. The standard InChI is InChI=1S/C27H31FO2/c1-2-27-13-12-20-21(23(27)16-24(28)26(27)30)11-10-18-15-25(29)19(14-22(18)20)9-8-17-6-4-3-5-7-17/h3-7,14-15,20-21,23-24,29H,2,8-13,16H2,1H3/t20-,21+,23-,24+,27-/m0/s1. The highest BCUT2D eigenvalue weighted by molar-refractivity contribution is 5.91. The first-order valence-electron chi connectivity index (χ1n) is 11.6. The van der Waals surface area contributed by atoms with Crippen LogP contribution in [-0.4, -0.2) is 17.1 Å². The van der Waals surface area contributed by atoms with Crippen LogP contribution >= 0.6 is 0 Å². The van der Waals surface area contributed by atoms with E-state index in [0.717, 1.165) is 50.5 Å². The van der Waals surface area contributed by atoms with Crippen molar-refractivity contribution in [2.24, 2.45) is 17.3 Å². The highest BCUT2D eigenvalue weighted by atomic mass is 19.1. The minimum absolute atomic E-state index is 0.117. The van der Waals surface area contributed by atoms with E-state index in [-0.39, 0.29) is 11.7 Å². The lowest BCUT2D eigenvalue weighted by molar-refractivity contribution is -0.134. The third-order valence-corrected chi connectivity index (χ3v) is 8.52. The molecule has 1 N–H and O–H groups in total. The van der Waals surface area contributed by atoms with Crippen molar-refractivity contribution in [3.8, 4) is 5.75 Å². The largest absolute Gasteiger partial charge is 0.508 e. The second-order valence-electron chi connectivity index (χ2n) is 9.70. The number of hydrogen-bond donors (Lipinski definition) is 1. The van der Waals surface area contributed by atoms with E-state index in [1.807, 2.05) is 12.1 Å². The zero-order valence-corrected chi connectivity index (χ0v) is 17.7. The number of carbonyl (C=O) groups is 1. The van der Waals surface area contributed by atoms with E-state index in [2.05, 4.69) is 37.3 Å². The Bertz CT molecular complexity index is 953. The summed E-state index contributed by atoms with van der Waals surface area (Å²) >= 11 is 0. The monoisotopic (exact) mass is 406 g/mol. The fourth-order valence-electron chi connectivity index (χ4n) is 6.96. The predicted molar refractivity (Wildman–Crippen MR) is 116 cm³/mol. The summed E-state index contributed by atoms with van der Waals surface area (Å²) in [5.41, 5.74) is 4.47. The molecule has 30 heavy (non-hydrogen) atoms. The van der Waals surface area contributed by atoms with Crippen molar-refractivity contribution in [2.45, 2.75) is 70.4 Å². The molecule has 0 saturated heterocycles. The summed E-state index contributed by atoms with van der Waals surface area (Å²) in [4.78, 5) is 12.7. The number of fused-ring (bicyclic) bond motifs is 5. The zero-order chi connectivity index (χ0) is 20.9. The molecule has 3 heteroatoms. The molecule has 0 aliphatic heterocycles. The molecule has 0 heterocycles. The number of phenolic OH excluding ortho intramolecular Hbond substituents is 1. The Hall–Kier alpha value is -2.16. The molecular weight excluding hydrogens is 375 g/mol. The maximum Gasteiger partial charge on any atom is 0.173 e. The normalized spacial score (nSPS) is 32.4. The van der Waals surface area contributed by atoms with Crippen LogP contribution < -0.4 is 0 Å². The van der Waals surface area contributed by atoms with Crippen molar-refractivity contribution < 1.29 is 14.3 Å². The summed E-state index contributed by atoms with van der Waals surface area (Å²) in [5.74, 6) is 1.25. The van der Waals surface area contributed by atoms with Crippen LogP contribution in [0.4, 0.5) is 4.39 Å². The van der Waals surface area contributed by atoms with Gasteiger partial charge >= 0.3 is 0 Å². The number of phenols is 1. The van der Waals surface area contributed by atoms with Gasteiger partial charge in [0.1, 0.15) is 5.75 Å². The van der Waals surface area contributed by atoms with Gasteiger partial charge < -0.3 is 5.11 Å². The van der Waals surface area contributed by atoms with Crippen LogP contribution in [0.2, 0.25) is 0 Å². The van der Waals surface area contributed by atoms with Gasteiger partial charge in [-0.2, -0.15) is 0 Å². The molecule has 2 aromatic rings. The Labute approximate surface area is 178 Å². The molecule has 5 rings (SSSR count). The van der Waals surface area contributed by atoms with Crippen LogP contribution in [0, 0.1) is 17.3 Å². The molecule has 2 fully saturated rings. The highest BCUT2D eigenvalue weighted by Crippen LogP contribution is 2.61. The van der Waals surface area contributed by atoms with Crippen molar-refractivity contribution >= 4 is 5.78 Å². The van der Waals surface area contributed by atoms with Gasteiger partial charge in [-0.1, -0.05) is 43.3 Å². The SMILES string of the molecule is CC[C@]12CC[C@@H]3c4cc(CCc5ccccc5)c(O)cc4CC[C@H]3[C@@H]1C[C@@H](F)C2=O. The van der Waals surface area contributed by atoms with Gasteiger partial charge in [0.25, 0.3) is 0 Å². The van der Waals surface area contributed by atoms with Gasteiger partial charge in [-0.25, -0.2) is 4.39 Å². The molecule has 0 unspecified atom stereocenters. The molecule has 0 radical (unpaired) electrons. The minimum Gasteiger partial charge on any atom is -0.508 e. The number of carbonyl (C=O) groups excluding carboxylic acids is 1. The molecule has 2 nitrogen and oxygen atoms in total. The molecule has 0 bridgehead atoms. The first-order chi connectivity index (χ1) is 14.5. The molecule has 0 amide bonds. The summed E-state index contributed by atoms with van der Waals surface area (Å²) in [7, 11) is 0. The number of aryl methyl sites for hydroxylation is 3. The number of halogens is 1. The number of rotatable bonds is 4. The van der Waals surface area contributed by atoms with Crippen LogP contribution in [0.3, 0.4) is 0 Å². The smallest absolute Gasteiger partial charge is 0.173 e. The van der Waals surface area contributed by atoms with E-state index in [9.17, 15) is 14.3 Å². The Morgan fingerprint density at radius 1 is 1.13 bits per heavy atom. The fourth-order valence-corrected chi connectivity index (χ4v) is 6.96. The lowest BCUT2D eigenvalue weighted by atomic mass is 9.54. The topological polar surface area (TPSA) is 37.3 Å². The number of benzene rings is 2. The molecule has 3 aliphatic rings. The van der Waals surface area contributed by atoms with E-state index in [4.69, 9.17) is 0 Å². The van der Waals surface area contributed by atoms with Crippen molar-refractivity contribution in [3.05, 3.63) is 64.7 Å². The van der Waals surface area contributed by atoms with E-state index >= 15 is 0 Å². The average Bonchev–Trinajstić information content (AvgIpc) is 3.03. The minimum atomic E-state index is -1.27. The molecule has 158 valence electrons. The number of alkyl halides is 1. The Kier molecular flexibility index (Phi) is 4.95. The molecule has 0 aromatic heterocycles. The molecule has 3 aliphatic carbocycles. The lowest BCUT2D eigenvalue weighted by Crippen LogP contribution is -2.44. The van der Waals surface area contributed by atoms with Gasteiger partial charge in [-0.15, -0.1) is 0 Å². The van der Waals surface area contributed by atoms with E-state index in [1.165, 1.54) is 16.7 Å². The maximum atomic E-state index is 14.5. The van der Waals surface area contributed by atoms with Crippen molar-refractivity contribution in [3.63, 3.8) is 0 Å². The average molecular weight is 407 g/mol. The summed E-state index contributed by atoms with van der Waals surface area (Å²) < 4.78 is 14.5. The van der Waals surface area contributed by atoms with Gasteiger partial charge in [0.05, 0.1) is 0 Å². The second-order valence-corrected chi connectivity index (χ2v) is 9.70. The van der Waals surface area contributed by atoms with Gasteiger partial charge in [0.15, 0.2) is 12.0 Å². The number of aromatic hydroxyl groups is 1.